The Morgan fingerprint density at radius 2 is 1.94 bits per heavy atom. The third kappa shape index (κ3) is 4.74. The normalized spacial score (nSPS) is 13.7. The van der Waals surface area contributed by atoms with Gasteiger partial charge in [0.25, 0.3) is 0 Å². The van der Waals surface area contributed by atoms with Crippen molar-refractivity contribution in [3.63, 3.8) is 0 Å². The summed E-state index contributed by atoms with van der Waals surface area (Å²) in [6, 6.07) is 6.95. The van der Waals surface area contributed by atoms with E-state index in [-0.39, 0.29) is 0 Å². The van der Waals surface area contributed by atoms with Gasteiger partial charge < -0.3 is 5.32 Å². The maximum atomic E-state index is 3.71. The van der Waals surface area contributed by atoms with Crippen LogP contribution >= 0.6 is 15.9 Å². The van der Waals surface area contributed by atoms with Gasteiger partial charge in [-0.05, 0) is 43.4 Å². The third-order valence-corrected chi connectivity index (χ3v) is 4.45. The SMILES string of the molecule is CNC(CCCC(C)(C)C)c1cccc(C)c1Br. The molecule has 0 amide bonds. The first-order valence-corrected chi connectivity index (χ1v) is 7.57. The molecule has 1 aromatic carbocycles. The fraction of sp³-hybridized carbons (Fsp3) is 0.625. The van der Waals surface area contributed by atoms with E-state index in [4.69, 9.17) is 0 Å². The molecule has 1 rings (SSSR count). The van der Waals surface area contributed by atoms with E-state index in [9.17, 15) is 0 Å². The number of hydrogen-bond acceptors (Lipinski definition) is 1. The number of nitrogens with one attached hydrogen (secondary N) is 1. The molecule has 0 heterocycles. The monoisotopic (exact) mass is 311 g/mol. The molecule has 1 aromatic rings. The van der Waals surface area contributed by atoms with Gasteiger partial charge in [0, 0.05) is 10.5 Å². The lowest BCUT2D eigenvalue weighted by Crippen LogP contribution is -2.18. The molecule has 18 heavy (non-hydrogen) atoms. The van der Waals surface area contributed by atoms with Gasteiger partial charge in [-0.2, -0.15) is 0 Å². The summed E-state index contributed by atoms with van der Waals surface area (Å²) in [5, 5.41) is 3.44. The average Bonchev–Trinajstić information content (AvgIpc) is 2.27. The van der Waals surface area contributed by atoms with Gasteiger partial charge >= 0.3 is 0 Å². The zero-order valence-electron chi connectivity index (χ0n) is 12.3. The molecule has 1 nitrogen and oxygen atoms in total. The molecule has 0 aliphatic rings. The highest BCUT2D eigenvalue weighted by Crippen LogP contribution is 2.31. The Morgan fingerprint density at radius 3 is 2.50 bits per heavy atom. The van der Waals surface area contributed by atoms with E-state index in [1.165, 1.54) is 34.9 Å². The zero-order valence-corrected chi connectivity index (χ0v) is 13.9. The minimum atomic E-state index is 0.433. The number of rotatable bonds is 5. The second kappa shape index (κ2) is 6.72. The highest BCUT2D eigenvalue weighted by molar-refractivity contribution is 9.10. The summed E-state index contributed by atoms with van der Waals surface area (Å²) < 4.78 is 1.25. The molecular weight excluding hydrogens is 286 g/mol. The summed E-state index contributed by atoms with van der Waals surface area (Å²) in [5.74, 6) is 0. The van der Waals surface area contributed by atoms with Gasteiger partial charge in [-0.1, -0.05) is 61.3 Å². The molecule has 0 aliphatic carbocycles. The maximum Gasteiger partial charge on any atom is 0.0328 e. The molecule has 1 N–H and O–H groups in total. The summed E-state index contributed by atoms with van der Waals surface area (Å²) >= 11 is 3.71. The summed E-state index contributed by atoms with van der Waals surface area (Å²) in [5.41, 5.74) is 3.12. The molecule has 0 bridgehead atoms. The molecule has 102 valence electrons. The lowest BCUT2D eigenvalue weighted by atomic mass is 9.88. The van der Waals surface area contributed by atoms with Crippen molar-refractivity contribution in [2.24, 2.45) is 5.41 Å². The Hall–Kier alpha value is -0.340. The van der Waals surface area contributed by atoms with Gasteiger partial charge in [-0.15, -0.1) is 0 Å². The fourth-order valence-electron chi connectivity index (χ4n) is 2.23. The van der Waals surface area contributed by atoms with E-state index >= 15 is 0 Å². The molecule has 0 saturated heterocycles. The molecule has 0 aliphatic heterocycles. The van der Waals surface area contributed by atoms with Crippen molar-refractivity contribution < 1.29 is 0 Å². The highest BCUT2D eigenvalue weighted by Gasteiger charge is 2.15. The Morgan fingerprint density at radius 1 is 1.28 bits per heavy atom. The summed E-state index contributed by atoms with van der Waals surface area (Å²) in [6.45, 7) is 9.08. The summed E-state index contributed by atoms with van der Waals surface area (Å²) in [6.07, 6.45) is 3.72. The van der Waals surface area contributed by atoms with Crippen LogP contribution in [0.1, 0.15) is 57.2 Å². The zero-order chi connectivity index (χ0) is 13.8. The first-order valence-electron chi connectivity index (χ1n) is 6.77. The van der Waals surface area contributed by atoms with E-state index in [2.05, 4.69) is 74.2 Å². The molecule has 2 heteroatoms. The van der Waals surface area contributed by atoms with Crippen molar-refractivity contribution in [1.82, 2.24) is 5.32 Å². The van der Waals surface area contributed by atoms with Crippen LogP contribution in [0.4, 0.5) is 0 Å². The first kappa shape index (κ1) is 15.7. The average molecular weight is 312 g/mol. The predicted molar refractivity (Wildman–Crippen MR) is 84.0 cm³/mol. The number of hydrogen-bond donors (Lipinski definition) is 1. The fourth-order valence-corrected chi connectivity index (χ4v) is 2.77. The van der Waals surface area contributed by atoms with Crippen molar-refractivity contribution >= 4 is 15.9 Å². The summed E-state index contributed by atoms with van der Waals surface area (Å²) in [7, 11) is 2.05. The number of aryl methyl sites for hydroxylation is 1. The van der Waals surface area contributed by atoms with Crippen molar-refractivity contribution in [3.8, 4) is 0 Å². The lowest BCUT2D eigenvalue weighted by Gasteiger charge is -2.22. The van der Waals surface area contributed by atoms with Gasteiger partial charge in [-0.25, -0.2) is 0 Å². The van der Waals surface area contributed by atoms with Crippen LogP contribution in [0.2, 0.25) is 0 Å². The smallest absolute Gasteiger partial charge is 0.0328 e. The Bertz CT molecular complexity index is 379. The van der Waals surface area contributed by atoms with Gasteiger partial charge in [0.2, 0.25) is 0 Å². The van der Waals surface area contributed by atoms with Crippen LogP contribution in [-0.2, 0) is 0 Å². The van der Waals surface area contributed by atoms with E-state index in [1.54, 1.807) is 0 Å². The van der Waals surface area contributed by atoms with Crippen molar-refractivity contribution in [3.05, 3.63) is 33.8 Å². The van der Waals surface area contributed by atoms with E-state index in [1.807, 2.05) is 0 Å². The van der Waals surface area contributed by atoms with Gasteiger partial charge in [0.15, 0.2) is 0 Å². The molecule has 0 radical (unpaired) electrons. The number of benzene rings is 1. The van der Waals surface area contributed by atoms with Crippen LogP contribution in [0.3, 0.4) is 0 Å². The minimum Gasteiger partial charge on any atom is -0.313 e. The molecule has 1 unspecified atom stereocenters. The van der Waals surface area contributed by atoms with Crippen molar-refractivity contribution in [2.45, 2.75) is 53.0 Å². The first-order chi connectivity index (χ1) is 8.35. The second-order valence-electron chi connectivity index (χ2n) is 6.27. The van der Waals surface area contributed by atoms with Crippen LogP contribution in [0, 0.1) is 12.3 Å². The van der Waals surface area contributed by atoms with Crippen molar-refractivity contribution in [2.75, 3.05) is 7.05 Å². The molecule has 0 aromatic heterocycles. The second-order valence-corrected chi connectivity index (χ2v) is 7.07. The molecule has 0 saturated carbocycles. The summed E-state index contributed by atoms with van der Waals surface area (Å²) in [4.78, 5) is 0. The Balaban J connectivity index is 2.69. The Kier molecular flexibility index (Phi) is 5.87. The largest absolute Gasteiger partial charge is 0.313 e. The van der Waals surface area contributed by atoms with Crippen LogP contribution in [-0.4, -0.2) is 7.05 Å². The van der Waals surface area contributed by atoms with Gasteiger partial charge in [0.1, 0.15) is 0 Å². The van der Waals surface area contributed by atoms with Gasteiger partial charge in [0.05, 0.1) is 0 Å². The van der Waals surface area contributed by atoms with E-state index in [0.29, 0.717) is 11.5 Å². The maximum absolute atomic E-state index is 3.71. The van der Waals surface area contributed by atoms with Crippen molar-refractivity contribution in [1.29, 1.82) is 0 Å². The molecular formula is C16H26BrN. The quantitative estimate of drug-likeness (QED) is 0.784. The Labute approximate surface area is 120 Å². The molecule has 1 atom stereocenters. The topological polar surface area (TPSA) is 12.0 Å². The van der Waals surface area contributed by atoms with Crippen LogP contribution in [0.15, 0.2) is 22.7 Å². The standard InChI is InChI=1S/C16H26BrN/c1-12-8-6-9-13(15(12)17)14(18-5)10-7-11-16(2,3)4/h6,8-9,14,18H,7,10-11H2,1-5H3. The molecule has 0 spiro atoms. The van der Waals surface area contributed by atoms with Crippen LogP contribution in [0.25, 0.3) is 0 Å². The lowest BCUT2D eigenvalue weighted by molar-refractivity contribution is 0.347. The third-order valence-electron chi connectivity index (χ3n) is 3.37. The van der Waals surface area contributed by atoms with Gasteiger partial charge in [-0.3, -0.25) is 0 Å². The molecule has 0 fully saturated rings. The predicted octanol–water partition coefficient (Wildman–Crippen LogP) is 5.23. The van der Waals surface area contributed by atoms with Crippen LogP contribution in [0.5, 0.6) is 0 Å². The number of halogens is 1. The van der Waals surface area contributed by atoms with E-state index < -0.39 is 0 Å². The van der Waals surface area contributed by atoms with Crippen LogP contribution < -0.4 is 5.32 Å². The highest BCUT2D eigenvalue weighted by atomic mass is 79.9. The minimum absolute atomic E-state index is 0.433. The van der Waals surface area contributed by atoms with E-state index in [0.717, 1.165) is 0 Å².